The number of rotatable bonds is 3. The van der Waals surface area contributed by atoms with Gasteiger partial charge in [-0.3, -0.25) is 4.99 Å². The summed E-state index contributed by atoms with van der Waals surface area (Å²) in [4.78, 5) is 15.4. The number of aliphatic imine (C=N–C) groups is 1. The van der Waals surface area contributed by atoms with Gasteiger partial charge in [-0.1, -0.05) is 0 Å². The number of hydrogen-bond donors (Lipinski definition) is 2. The van der Waals surface area contributed by atoms with E-state index in [4.69, 9.17) is 4.42 Å². The van der Waals surface area contributed by atoms with Crippen molar-refractivity contribution < 1.29 is 13.9 Å². The summed E-state index contributed by atoms with van der Waals surface area (Å²) < 4.78 is 9.86. The Balaban J connectivity index is 0.00000162. The van der Waals surface area contributed by atoms with E-state index in [-0.39, 0.29) is 29.7 Å². The molecule has 0 atom stereocenters. The molecular formula is C11H16IN3O3. The van der Waals surface area contributed by atoms with E-state index in [0.717, 1.165) is 25.5 Å². The van der Waals surface area contributed by atoms with Gasteiger partial charge < -0.3 is 19.8 Å². The van der Waals surface area contributed by atoms with Crippen molar-refractivity contribution in [1.82, 2.24) is 10.6 Å². The van der Waals surface area contributed by atoms with E-state index < -0.39 is 5.97 Å². The van der Waals surface area contributed by atoms with E-state index in [2.05, 4.69) is 20.4 Å². The molecule has 1 aromatic heterocycles. The lowest BCUT2D eigenvalue weighted by molar-refractivity contribution is 0.0563. The molecule has 0 spiro atoms. The number of halogens is 1. The zero-order valence-electron chi connectivity index (χ0n) is 10.1. The second-order valence-electron chi connectivity index (χ2n) is 3.62. The molecule has 2 heterocycles. The number of methoxy groups -OCH3 is 1. The highest BCUT2D eigenvalue weighted by atomic mass is 127. The van der Waals surface area contributed by atoms with Crippen molar-refractivity contribution in [1.29, 1.82) is 0 Å². The minimum absolute atomic E-state index is 0. The van der Waals surface area contributed by atoms with Gasteiger partial charge in [0.15, 0.2) is 5.96 Å². The average Bonchev–Trinajstić information content (AvgIpc) is 2.85. The van der Waals surface area contributed by atoms with Crippen LogP contribution in [0.25, 0.3) is 0 Å². The van der Waals surface area contributed by atoms with Crippen LogP contribution in [0.2, 0.25) is 0 Å². The number of carbonyl (C=O) groups is 1. The lowest BCUT2D eigenvalue weighted by Gasteiger charge is -2.15. The number of nitrogens with zero attached hydrogens (tertiary/aromatic N) is 1. The SMILES string of the molecule is COC(=O)c1ccc(CNC2=NCCCN2)o1.I. The van der Waals surface area contributed by atoms with Crippen LogP contribution in [-0.4, -0.2) is 32.1 Å². The maximum atomic E-state index is 11.2. The van der Waals surface area contributed by atoms with Gasteiger partial charge >= 0.3 is 5.97 Å². The van der Waals surface area contributed by atoms with Crippen molar-refractivity contribution in [3.05, 3.63) is 23.7 Å². The summed E-state index contributed by atoms with van der Waals surface area (Å²) in [5.74, 6) is 1.18. The molecule has 18 heavy (non-hydrogen) atoms. The molecule has 1 aliphatic rings. The van der Waals surface area contributed by atoms with E-state index in [0.29, 0.717) is 12.3 Å². The molecule has 0 fully saturated rings. The molecule has 0 bridgehead atoms. The predicted octanol–water partition coefficient (Wildman–Crippen LogP) is 1.12. The van der Waals surface area contributed by atoms with Gasteiger partial charge in [-0.15, -0.1) is 24.0 Å². The Morgan fingerprint density at radius 3 is 3.11 bits per heavy atom. The topological polar surface area (TPSA) is 75.9 Å². The van der Waals surface area contributed by atoms with Gasteiger partial charge in [0, 0.05) is 13.1 Å². The molecule has 0 amide bonds. The standard InChI is InChI=1S/C11H15N3O3.HI/c1-16-10(15)9-4-3-8(17-9)7-14-11-12-5-2-6-13-11;/h3-4H,2,5-7H2,1H3,(H2,12,13,14);1H. The number of carbonyl (C=O) groups excluding carboxylic acids is 1. The van der Waals surface area contributed by atoms with Crippen LogP contribution in [0.5, 0.6) is 0 Å². The summed E-state index contributed by atoms with van der Waals surface area (Å²) in [6.07, 6.45) is 1.05. The molecule has 2 N–H and O–H groups in total. The summed E-state index contributed by atoms with van der Waals surface area (Å²) in [7, 11) is 1.32. The molecule has 1 aromatic rings. The van der Waals surface area contributed by atoms with Gasteiger partial charge in [0.25, 0.3) is 0 Å². The fourth-order valence-corrected chi connectivity index (χ4v) is 1.51. The van der Waals surface area contributed by atoms with Crippen LogP contribution in [-0.2, 0) is 11.3 Å². The number of guanidine groups is 1. The second-order valence-corrected chi connectivity index (χ2v) is 3.62. The maximum Gasteiger partial charge on any atom is 0.373 e. The van der Waals surface area contributed by atoms with Crippen LogP contribution in [0.4, 0.5) is 0 Å². The predicted molar refractivity (Wildman–Crippen MR) is 77.2 cm³/mol. The molecular weight excluding hydrogens is 349 g/mol. The summed E-state index contributed by atoms with van der Waals surface area (Å²) >= 11 is 0. The van der Waals surface area contributed by atoms with Crippen molar-refractivity contribution in [2.75, 3.05) is 20.2 Å². The van der Waals surface area contributed by atoms with E-state index in [9.17, 15) is 4.79 Å². The van der Waals surface area contributed by atoms with Crippen LogP contribution >= 0.6 is 24.0 Å². The molecule has 0 saturated heterocycles. The average molecular weight is 365 g/mol. The second kappa shape index (κ2) is 7.24. The minimum Gasteiger partial charge on any atom is -0.463 e. The van der Waals surface area contributed by atoms with E-state index in [1.807, 2.05) is 0 Å². The number of hydrogen-bond acceptors (Lipinski definition) is 6. The lowest BCUT2D eigenvalue weighted by Crippen LogP contribution is -2.40. The fraction of sp³-hybridized carbons (Fsp3) is 0.455. The first-order valence-corrected chi connectivity index (χ1v) is 5.49. The summed E-state index contributed by atoms with van der Waals surface area (Å²) in [6, 6.07) is 3.33. The minimum atomic E-state index is -0.468. The molecule has 2 rings (SSSR count). The normalized spacial score (nSPS) is 13.9. The third-order valence-electron chi connectivity index (χ3n) is 2.38. The molecule has 0 radical (unpaired) electrons. The number of furan rings is 1. The van der Waals surface area contributed by atoms with Crippen LogP contribution in [0.1, 0.15) is 22.7 Å². The Kier molecular flexibility index (Phi) is 5.96. The van der Waals surface area contributed by atoms with Gasteiger partial charge in [-0.2, -0.15) is 0 Å². The lowest BCUT2D eigenvalue weighted by atomic mass is 10.4. The molecule has 6 nitrogen and oxygen atoms in total. The summed E-state index contributed by atoms with van der Waals surface area (Å²) in [5, 5.41) is 6.24. The third-order valence-corrected chi connectivity index (χ3v) is 2.38. The van der Waals surface area contributed by atoms with Gasteiger partial charge in [0.1, 0.15) is 5.76 Å². The monoisotopic (exact) mass is 365 g/mol. The Morgan fingerprint density at radius 1 is 1.61 bits per heavy atom. The van der Waals surface area contributed by atoms with Gasteiger partial charge in [0.05, 0.1) is 13.7 Å². The Labute approximate surface area is 122 Å². The first-order chi connectivity index (χ1) is 8.29. The van der Waals surface area contributed by atoms with Gasteiger partial charge in [-0.25, -0.2) is 4.79 Å². The Bertz CT molecular complexity index is 431. The van der Waals surface area contributed by atoms with Crippen LogP contribution < -0.4 is 10.6 Å². The largest absolute Gasteiger partial charge is 0.463 e. The highest BCUT2D eigenvalue weighted by molar-refractivity contribution is 14.0. The first-order valence-electron chi connectivity index (χ1n) is 5.49. The highest BCUT2D eigenvalue weighted by Crippen LogP contribution is 2.08. The van der Waals surface area contributed by atoms with E-state index >= 15 is 0 Å². The number of ether oxygens (including phenoxy) is 1. The smallest absolute Gasteiger partial charge is 0.373 e. The summed E-state index contributed by atoms with van der Waals surface area (Å²) in [5.41, 5.74) is 0. The van der Waals surface area contributed by atoms with Gasteiger partial charge in [0.2, 0.25) is 5.76 Å². The quantitative estimate of drug-likeness (QED) is 0.620. The molecule has 100 valence electrons. The Hall–Kier alpha value is -1.25. The molecule has 1 aliphatic heterocycles. The van der Waals surface area contributed by atoms with Crippen LogP contribution in [0.15, 0.2) is 21.5 Å². The van der Waals surface area contributed by atoms with Crippen molar-refractivity contribution >= 4 is 35.9 Å². The van der Waals surface area contributed by atoms with Crippen molar-refractivity contribution in [3.8, 4) is 0 Å². The molecule has 0 saturated carbocycles. The first kappa shape index (κ1) is 14.8. The fourth-order valence-electron chi connectivity index (χ4n) is 1.51. The summed E-state index contributed by atoms with van der Waals surface area (Å²) in [6.45, 7) is 2.25. The molecule has 0 aromatic carbocycles. The van der Waals surface area contributed by atoms with Crippen LogP contribution in [0, 0.1) is 0 Å². The van der Waals surface area contributed by atoms with Crippen LogP contribution in [0.3, 0.4) is 0 Å². The zero-order valence-corrected chi connectivity index (χ0v) is 12.4. The number of esters is 1. The molecule has 0 aliphatic carbocycles. The molecule has 7 heteroatoms. The van der Waals surface area contributed by atoms with E-state index in [1.54, 1.807) is 12.1 Å². The van der Waals surface area contributed by atoms with Gasteiger partial charge in [-0.05, 0) is 18.6 Å². The molecule has 0 unspecified atom stereocenters. The zero-order chi connectivity index (χ0) is 12.1. The van der Waals surface area contributed by atoms with Crippen molar-refractivity contribution in [2.45, 2.75) is 13.0 Å². The Morgan fingerprint density at radius 2 is 2.44 bits per heavy atom. The maximum absolute atomic E-state index is 11.2. The number of nitrogens with one attached hydrogen (secondary N) is 2. The van der Waals surface area contributed by atoms with Crippen molar-refractivity contribution in [2.24, 2.45) is 4.99 Å². The van der Waals surface area contributed by atoms with Crippen molar-refractivity contribution in [3.63, 3.8) is 0 Å². The van der Waals surface area contributed by atoms with E-state index in [1.165, 1.54) is 7.11 Å². The highest BCUT2D eigenvalue weighted by Gasteiger charge is 2.11. The third kappa shape index (κ3) is 3.90.